The number of rotatable bonds is 12. The van der Waals surface area contributed by atoms with Crippen molar-refractivity contribution in [1.82, 2.24) is 9.80 Å². The summed E-state index contributed by atoms with van der Waals surface area (Å²) in [5.41, 5.74) is 3.87. The van der Waals surface area contributed by atoms with E-state index in [2.05, 4.69) is 4.90 Å². The van der Waals surface area contributed by atoms with Gasteiger partial charge in [-0.1, -0.05) is 45.1 Å². The van der Waals surface area contributed by atoms with Gasteiger partial charge in [0.1, 0.15) is 11.7 Å². The summed E-state index contributed by atoms with van der Waals surface area (Å²) in [5, 5.41) is 32.0. The second-order valence-corrected chi connectivity index (χ2v) is 14.7. The molecule has 284 valence electrons. The van der Waals surface area contributed by atoms with Crippen LogP contribution in [0.3, 0.4) is 0 Å². The van der Waals surface area contributed by atoms with Crippen molar-refractivity contribution in [3.8, 4) is 0 Å². The number of esters is 2. The summed E-state index contributed by atoms with van der Waals surface area (Å²) in [6, 6.07) is 0. The Morgan fingerprint density at radius 3 is 2.52 bits per heavy atom. The Labute approximate surface area is 297 Å². The summed E-state index contributed by atoms with van der Waals surface area (Å²) in [4.78, 5) is 42.5. The topological polar surface area (TPSA) is 185 Å². The molecule has 0 aromatic heterocycles. The van der Waals surface area contributed by atoms with Gasteiger partial charge in [0.15, 0.2) is 6.10 Å². The number of aliphatic hydroxyl groups is 3. The van der Waals surface area contributed by atoms with Crippen LogP contribution in [0.4, 0.5) is 4.79 Å². The number of carbonyl (C=O) groups is 3. The minimum Gasteiger partial charge on any atom is -0.457 e. The van der Waals surface area contributed by atoms with Gasteiger partial charge in [0, 0.05) is 64.4 Å². The minimum absolute atomic E-state index is 0.0250. The van der Waals surface area contributed by atoms with Gasteiger partial charge < -0.3 is 44.9 Å². The predicted octanol–water partition coefficient (Wildman–Crippen LogP) is 2.86. The van der Waals surface area contributed by atoms with Crippen LogP contribution >= 0.6 is 0 Å². The second kappa shape index (κ2) is 18.6. The predicted molar refractivity (Wildman–Crippen MR) is 188 cm³/mol. The van der Waals surface area contributed by atoms with Crippen molar-refractivity contribution in [3.63, 3.8) is 0 Å². The van der Waals surface area contributed by atoms with Gasteiger partial charge in [-0.15, -0.1) is 0 Å². The van der Waals surface area contributed by atoms with Gasteiger partial charge in [-0.05, 0) is 51.7 Å². The Bertz CT molecular complexity index is 1230. The molecule has 0 aliphatic carbocycles. The lowest BCUT2D eigenvalue weighted by molar-refractivity contribution is -0.168. The lowest BCUT2D eigenvalue weighted by Crippen LogP contribution is -2.52. The van der Waals surface area contributed by atoms with E-state index in [1.54, 1.807) is 49.1 Å². The molecule has 3 rings (SSSR count). The number of piperazine rings is 1. The Hall–Kier alpha value is -2.81. The lowest BCUT2D eigenvalue weighted by atomic mass is 9.88. The van der Waals surface area contributed by atoms with Crippen molar-refractivity contribution < 1.29 is 48.7 Å². The molecule has 0 aromatic rings. The van der Waals surface area contributed by atoms with Crippen LogP contribution in [-0.4, -0.2) is 130 Å². The van der Waals surface area contributed by atoms with E-state index in [1.807, 2.05) is 27.7 Å². The number of aliphatic hydroxyl groups excluding tert-OH is 2. The van der Waals surface area contributed by atoms with Crippen LogP contribution < -0.4 is 5.73 Å². The van der Waals surface area contributed by atoms with Crippen molar-refractivity contribution in [2.24, 2.45) is 17.6 Å². The van der Waals surface area contributed by atoms with Crippen molar-refractivity contribution in [1.29, 1.82) is 0 Å². The molecular formula is C37H61N3O10. The lowest BCUT2D eigenvalue weighted by Gasteiger charge is -2.38. The van der Waals surface area contributed by atoms with E-state index < -0.39 is 59.6 Å². The summed E-state index contributed by atoms with van der Waals surface area (Å²) in [7, 11) is 0. The van der Waals surface area contributed by atoms with Gasteiger partial charge >= 0.3 is 18.0 Å². The summed E-state index contributed by atoms with van der Waals surface area (Å²) in [5.74, 6) is -1.60. The summed E-state index contributed by atoms with van der Waals surface area (Å²) in [6.07, 6.45) is 5.44. The molecule has 0 radical (unpaired) electrons. The van der Waals surface area contributed by atoms with Crippen molar-refractivity contribution in [2.75, 3.05) is 39.3 Å². The Morgan fingerprint density at radius 2 is 1.90 bits per heavy atom. The highest BCUT2D eigenvalue weighted by Crippen LogP contribution is 2.38. The van der Waals surface area contributed by atoms with Crippen LogP contribution in [-0.2, 0) is 28.5 Å². The maximum absolute atomic E-state index is 13.4. The number of amides is 1. The van der Waals surface area contributed by atoms with Crippen molar-refractivity contribution in [2.45, 2.75) is 128 Å². The normalized spacial score (nSPS) is 32.7. The van der Waals surface area contributed by atoms with Crippen LogP contribution in [0.25, 0.3) is 0 Å². The summed E-state index contributed by atoms with van der Waals surface area (Å²) >= 11 is 0. The Kier molecular flexibility index (Phi) is 15.5. The zero-order chi connectivity index (χ0) is 37.2. The number of nitrogens with two attached hydrogens (primary N) is 1. The van der Waals surface area contributed by atoms with Crippen molar-refractivity contribution >= 4 is 18.0 Å². The molecule has 3 aliphatic heterocycles. The van der Waals surface area contributed by atoms with Gasteiger partial charge in [-0.3, -0.25) is 14.5 Å². The van der Waals surface area contributed by atoms with Gasteiger partial charge in [-0.2, -0.15) is 0 Å². The van der Waals surface area contributed by atoms with Gasteiger partial charge in [-0.25, -0.2) is 4.79 Å². The van der Waals surface area contributed by atoms with E-state index >= 15 is 0 Å². The number of hydrogen-bond donors (Lipinski definition) is 4. The average molecular weight is 708 g/mol. The number of allylic oxidation sites excluding steroid dienone is 2. The first kappa shape index (κ1) is 41.6. The molecule has 0 saturated carbocycles. The third kappa shape index (κ3) is 12.4. The molecule has 2 saturated heterocycles. The standard InChI is InChI=1S/C37H61N3O10/c1-8-29(43)26(4)34-30(47-34)23-36(6,46)14-9-10-24(2)33-25(3)11-12-31(48-35(45)40-20-18-39(17-16-38)19-21-40)37(7,50-27(5)41)15-13-28(42)22-32(44)49-33/h9-12,14,25-26,28-31,33-34,42-43,46H,8,13,15-23,38H2,1-7H3/b12-11?,14-9+,24-10+/t25?,26-,28?,29+,30-,31?,33?,34-,36?,37?/m1/s1. The molecule has 3 aliphatic rings. The smallest absolute Gasteiger partial charge is 0.410 e. The van der Waals surface area contributed by atoms with Crippen LogP contribution in [0.5, 0.6) is 0 Å². The van der Waals surface area contributed by atoms with Gasteiger partial charge in [0.2, 0.25) is 0 Å². The largest absolute Gasteiger partial charge is 0.457 e. The average Bonchev–Trinajstić information content (AvgIpc) is 3.81. The monoisotopic (exact) mass is 707 g/mol. The molecule has 13 nitrogen and oxygen atoms in total. The molecule has 10 atom stereocenters. The first-order chi connectivity index (χ1) is 23.5. The zero-order valence-corrected chi connectivity index (χ0v) is 31.0. The Morgan fingerprint density at radius 1 is 1.22 bits per heavy atom. The minimum atomic E-state index is -1.32. The van der Waals surface area contributed by atoms with Crippen LogP contribution in [0.1, 0.15) is 80.6 Å². The zero-order valence-electron chi connectivity index (χ0n) is 31.0. The third-order valence-corrected chi connectivity index (χ3v) is 10.0. The number of cyclic esters (lactones) is 1. The molecule has 0 aromatic carbocycles. The summed E-state index contributed by atoms with van der Waals surface area (Å²) < 4.78 is 23.4. The third-order valence-electron chi connectivity index (χ3n) is 10.0. The van der Waals surface area contributed by atoms with Crippen LogP contribution in [0, 0.1) is 11.8 Å². The highest BCUT2D eigenvalue weighted by Gasteiger charge is 2.47. The molecule has 6 unspecified atom stereocenters. The molecule has 0 spiro atoms. The SMILES string of the molecule is CC[C@H](O)[C@@H](C)[C@H]1O[C@@H]1CC(C)(O)/C=C/C=C(\C)C1OC(=O)CC(O)CCC(C)(OC(C)=O)C(OC(=O)N2CCN(CCN)CC2)C=CC1C. The number of hydrogen-bond acceptors (Lipinski definition) is 12. The van der Waals surface area contributed by atoms with E-state index in [4.69, 9.17) is 24.7 Å². The molecule has 2 fully saturated rings. The van der Waals surface area contributed by atoms with Crippen molar-refractivity contribution in [3.05, 3.63) is 36.0 Å². The van der Waals surface area contributed by atoms with E-state index in [-0.39, 0.29) is 37.4 Å². The number of nitrogens with zero attached hydrogens (tertiary/aromatic N) is 2. The molecule has 5 N–H and O–H groups in total. The molecule has 0 bridgehead atoms. The quantitative estimate of drug-likeness (QED) is 0.0766. The molecule has 13 heteroatoms. The van der Waals surface area contributed by atoms with E-state index in [1.165, 1.54) is 6.92 Å². The van der Waals surface area contributed by atoms with E-state index in [0.717, 1.165) is 6.54 Å². The highest BCUT2D eigenvalue weighted by molar-refractivity contribution is 5.71. The second-order valence-electron chi connectivity index (χ2n) is 14.7. The summed E-state index contributed by atoms with van der Waals surface area (Å²) in [6.45, 7) is 15.7. The van der Waals surface area contributed by atoms with E-state index in [0.29, 0.717) is 51.1 Å². The van der Waals surface area contributed by atoms with E-state index in [9.17, 15) is 29.7 Å². The fourth-order valence-electron chi connectivity index (χ4n) is 6.75. The fraction of sp³-hybridized carbons (Fsp3) is 0.757. The molecule has 1 amide bonds. The maximum atomic E-state index is 13.4. The van der Waals surface area contributed by atoms with Gasteiger partial charge in [0.25, 0.3) is 0 Å². The van der Waals surface area contributed by atoms with Crippen LogP contribution in [0.15, 0.2) is 36.0 Å². The first-order valence-corrected chi connectivity index (χ1v) is 18.0. The number of carbonyl (C=O) groups excluding carboxylic acids is 3. The number of ether oxygens (including phenoxy) is 4. The van der Waals surface area contributed by atoms with Gasteiger partial charge in [0.05, 0.1) is 36.4 Å². The first-order valence-electron chi connectivity index (χ1n) is 18.0. The Balaban J connectivity index is 1.81. The fourth-order valence-corrected chi connectivity index (χ4v) is 6.75. The highest BCUT2D eigenvalue weighted by atomic mass is 16.6. The van der Waals surface area contributed by atoms with Crippen LogP contribution in [0.2, 0.25) is 0 Å². The molecule has 3 heterocycles. The maximum Gasteiger partial charge on any atom is 0.410 e. The molecular weight excluding hydrogens is 646 g/mol. The molecule has 50 heavy (non-hydrogen) atoms. The number of epoxide rings is 1.